The molecule has 2 N–H and O–H groups in total. The molecule has 0 aliphatic heterocycles. The molecule has 1 aromatic heterocycles. The second-order valence-electron chi connectivity index (χ2n) is 6.95. The highest BCUT2D eigenvalue weighted by Gasteiger charge is 2.09. The number of halogens is 1. The fraction of sp³-hybridized carbons (Fsp3) is 0.455. The predicted octanol–water partition coefficient (Wildman–Crippen LogP) is 5.20. The Morgan fingerprint density at radius 3 is 2.64 bits per heavy atom. The zero-order valence-corrected chi connectivity index (χ0v) is 17.1. The van der Waals surface area contributed by atoms with Crippen molar-refractivity contribution in [3.63, 3.8) is 0 Å². The summed E-state index contributed by atoms with van der Waals surface area (Å²) in [4.78, 5) is 23.6. The molecule has 28 heavy (non-hydrogen) atoms. The van der Waals surface area contributed by atoms with Gasteiger partial charge in [0.25, 0.3) is 0 Å². The van der Waals surface area contributed by atoms with Gasteiger partial charge in [0, 0.05) is 24.3 Å². The van der Waals surface area contributed by atoms with Gasteiger partial charge >= 0.3 is 5.97 Å². The van der Waals surface area contributed by atoms with Crippen LogP contribution in [0.1, 0.15) is 55.9 Å². The fourth-order valence-electron chi connectivity index (χ4n) is 2.96. The van der Waals surface area contributed by atoms with Gasteiger partial charge in [0.15, 0.2) is 0 Å². The number of carbonyl (C=O) groups is 2. The molecular weight excluding hydrogens is 377 g/mol. The molecule has 0 spiro atoms. The summed E-state index contributed by atoms with van der Waals surface area (Å²) in [6, 6.07) is 6.92. The van der Waals surface area contributed by atoms with Gasteiger partial charge in [-0.05, 0) is 47.0 Å². The number of rotatable bonds is 13. The van der Waals surface area contributed by atoms with Gasteiger partial charge in [0.2, 0.25) is 0 Å². The van der Waals surface area contributed by atoms with E-state index in [1.54, 1.807) is 17.4 Å². The lowest BCUT2D eigenvalue weighted by Crippen LogP contribution is -2.21. The smallest absolute Gasteiger partial charge is 0.303 e. The zero-order chi connectivity index (χ0) is 20.4. The summed E-state index contributed by atoms with van der Waals surface area (Å²) in [5.41, 5.74) is 2.11. The number of thiophene rings is 1. The summed E-state index contributed by atoms with van der Waals surface area (Å²) >= 11 is 1.57. The standard InChI is InChI=1S/C22H28FNO3S/c1-2-3-4-5-6-19(25)13-24-14-20-11-18(15-28-20)17-8-7-16(21(23)12-17)9-10-22(26)27/h7-8,11-12,15,24H,2-6,9-10,13-14H2,1H3,(H,26,27). The molecule has 6 heteroatoms. The molecule has 4 nitrogen and oxygen atoms in total. The summed E-state index contributed by atoms with van der Waals surface area (Å²) in [7, 11) is 0. The Labute approximate surface area is 169 Å². The van der Waals surface area contributed by atoms with Crippen molar-refractivity contribution < 1.29 is 19.1 Å². The van der Waals surface area contributed by atoms with Crippen LogP contribution in [0, 0.1) is 5.82 Å². The van der Waals surface area contributed by atoms with E-state index in [1.807, 2.05) is 17.5 Å². The summed E-state index contributed by atoms with van der Waals surface area (Å²) in [5, 5.41) is 13.9. The normalized spacial score (nSPS) is 10.9. The fourth-order valence-corrected chi connectivity index (χ4v) is 3.82. The number of hydrogen-bond donors (Lipinski definition) is 2. The van der Waals surface area contributed by atoms with E-state index in [4.69, 9.17) is 5.11 Å². The van der Waals surface area contributed by atoms with Crippen LogP contribution < -0.4 is 5.32 Å². The lowest BCUT2D eigenvalue weighted by atomic mass is 10.0. The first kappa shape index (κ1) is 22.2. The highest BCUT2D eigenvalue weighted by Crippen LogP contribution is 2.27. The predicted molar refractivity (Wildman–Crippen MR) is 111 cm³/mol. The minimum Gasteiger partial charge on any atom is -0.481 e. The molecular formula is C22H28FNO3S. The summed E-state index contributed by atoms with van der Waals surface area (Å²) in [6.07, 6.45) is 5.17. The molecule has 2 aromatic rings. The number of hydrogen-bond acceptors (Lipinski definition) is 4. The number of carbonyl (C=O) groups excluding carboxylic acids is 1. The number of aryl methyl sites for hydroxylation is 1. The Hall–Kier alpha value is -2.05. The molecule has 0 aliphatic rings. The van der Waals surface area contributed by atoms with Crippen molar-refractivity contribution in [1.29, 1.82) is 0 Å². The van der Waals surface area contributed by atoms with Crippen LogP contribution >= 0.6 is 11.3 Å². The Bertz CT molecular complexity index is 788. The maximum Gasteiger partial charge on any atom is 0.303 e. The molecule has 0 unspecified atom stereocenters. The average molecular weight is 406 g/mol. The van der Waals surface area contributed by atoms with Crippen LogP contribution in [0.2, 0.25) is 0 Å². The van der Waals surface area contributed by atoms with Crippen LogP contribution in [0.25, 0.3) is 11.1 Å². The molecule has 0 saturated heterocycles. The van der Waals surface area contributed by atoms with Gasteiger partial charge in [0.1, 0.15) is 11.6 Å². The quantitative estimate of drug-likeness (QED) is 0.450. The second kappa shape index (κ2) is 11.7. The van der Waals surface area contributed by atoms with Gasteiger partial charge in [-0.25, -0.2) is 4.39 Å². The number of carboxylic acids is 1. The van der Waals surface area contributed by atoms with E-state index < -0.39 is 5.97 Å². The topological polar surface area (TPSA) is 66.4 Å². The number of Topliss-reactive ketones (excluding diaryl/α,β-unsaturated/α-hetero) is 1. The van der Waals surface area contributed by atoms with Crippen molar-refractivity contribution in [2.24, 2.45) is 0 Å². The third-order valence-corrected chi connectivity index (χ3v) is 5.52. The molecule has 0 radical (unpaired) electrons. The molecule has 0 fully saturated rings. The van der Waals surface area contributed by atoms with E-state index in [9.17, 15) is 14.0 Å². The minimum absolute atomic E-state index is 0.0815. The first-order chi connectivity index (χ1) is 13.5. The van der Waals surface area contributed by atoms with E-state index >= 15 is 0 Å². The SMILES string of the molecule is CCCCCCC(=O)CNCc1cc(-c2ccc(CCC(=O)O)c(F)c2)cs1. The van der Waals surface area contributed by atoms with Gasteiger partial charge in [-0.1, -0.05) is 38.3 Å². The van der Waals surface area contributed by atoms with E-state index in [1.165, 1.54) is 18.9 Å². The number of carboxylic acid groups (broad SMARTS) is 1. The maximum atomic E-state index is 14.2. The molecule has 0 atom stereocenters. The third-order valence-electron chi connectivity index (χ3n) is 4.58. The van der Waals surface area contributed by atoms with Crippen LogP contribution in [0.15, 0.2) is 29.6 Å². The molecule has 0 amide bonds. The second-order valence-corrected chi connectivity index (χ2v) is 7.95. The van der Waals surface area contributed by atoms with Gasteiger partial charge < -0.3 is 10.4 Å². The number of benzene rings is 1. The van der Waals surface area contributed by atoms with Crippen molar-refractivity contribution in [3.05, 3.63) is 45.9 Å². The number of unbranched alkanes of at least 4 members (excludes halogenated alkanes) is 3. The Kier molecular flexibility index (Phi) is 9.31. The van der Waals surface area contributed by atoms with Crippen LogP contribution in [-0.4, -0.2) is 23.4 Å². The van der Waals surface area contributed by atoms with E-state index in [2.05, 4.69) is 12.2 Å². The summed E-state index contributed by atoms with van der Waals surface area (Å²) in [6.45, 7) is 3.15. The van der Waals surface area contributed by atoms with Crippen LogP contribution in [-0.2, 0) is 22.6 Å². The minimum atomic E-state index is -0.933. The zero-order valence-electron chi connectivity index (χ0n) is 16.3. The summed E-state index contributed by atoms with van der Waals surface area (Å²) < 4.78 is 14.2. The molecule has 152 valence electrons. The van der Waals surface area contributed by atoms with Crippen molar-refractivity contribution in [1.82, 2.24) is 5.32 Å². The largest absolute Gasteiger partial charge is 0.481 e. The summed E-state index contributed by atoms with van der Waals surface area (Å²) in [5.74, 6) is -1.07. The molecule has 2 rings (SSSR count). The van der Waals surface area contributed by atoms with Crippen molar-refractivity contribution in [2.45, 2.75) is 58.4 Å². The lowest BCUT2D eigenvalue weighted by Gasteiger charge is -2.04. The van der Waals surface area contributed by atoms with E-state index in [0.717, 1.165) is 28.8 Å². The van der Waals surface area contributed by atoms with Gasteiger partial charge in [-0.15, -0.1) is 11.3 Å². The van der Waals surface area contributed by atoms with Crippen molar-refractivity contribution in [3.8, 4) is 11.1 Å². The van der Waals surface area contributed by atoms with Crippen LogP contribution in [0.3, 0.4) is 0 Å². The third kappa shape index (κ3) is 7.52. The molecule has 1 aromatic carbocycles. The first-order valence-electron chi connectivity index (χ1n) is 9.80. The molecule has 0 bridgehead atoms. The van der Waals surface area contributed by atoms with Gasteiger partial charge in [-0.2, -0.15) is 0 Å². The number of aliphatic carboxylic acids is 1. The van der Waals surface area contributed by atoms with Crippen LogP contribution in [0.5, 0.6) is 0 Å². The first-order valence-corrected chi connectivity index (χ1v) is 10.7. The lowest BCUT2D eigenvalue weighted by molar-refractivity contribution is -0.137. The van der Waals surface area contributed by atoms with Crippen LogP contribution in [0.4, 0.5) is 4.39 Å². The Morgan fingerprint density at radius 1 is 1.11 bits per heavy atom. The van der Waals surface area contributed by atoms with E-state index in [0.29, 0.717) is 25.1 Å². The van der Waals surface area contributed by atoms with Gasteiger partial charge in [0.05, 0.1) is 6.54 Å². The monoisotopic (exact) mass is 405 g/mol. The van der Waals surface area contributed by atoms with Crippen molar-refractivity contribution in [2.75, 3.05) is 6.54 Å². The highest BCUT2D eigenvalue weighted by molar-refractivity contribution is 7.10. The van der Waals surface area contributed by atoms with Gasteiger partial charge in [-0.3, -0.25) is 9.59 Å². The molecule has 1 heterocycles. The number of nitrogens with one attached hydrogen (secondary N) is 1. The Balaban J connectivity index is 1.82. The Morgan fingerprint density at radius 2 is 1.93 bits per heavy atom. The maximum absolute atomic E-state index is 14.2. The average Bonchev–Trinajstić information content (AvgIpc) is 3.13. The van der Waals surface area contributed by atoms with Crippen molar-refractivity contribution >= 4 is 23.1 Å². The number of ketones is 1. The van der Waals surface area contributed by atoms with E-state index in [-0.39, 0.29) is 24.4 Å². The molecule has 0 saturated carbocycles. The highest BCUT2D eigenvalue weighted by atomic mass is 32.1. The molecule has 0 aliphatic carbocycles.